The highest BCUT2D eigenvalue weighted by atomic mass is 19.1. The normalized spacial score (nSPS) is 10.1. The van der Waals surface area contributed by atoms with Crippen LogP contribution in [0.3, 0.4) is 0 Å². The zero-order valence-electron chi connectivity index (χ0n) is 8.43. The van der Waals surface area contributed by atoms with Crippen LogP contribution >= 0.6 is 0 Å². The third-order valence-corrected chi connectivity index (χ3v) is 1.91. The molecule has 0 aliphatic carbocycles. The largest absolute Gasteiger partial charge is 0.437 e. The van der Waals surface area contributed by atoms with Crippen LogP contribution in [0, 0.1) is 5.82 Å². The van der Waals surface area contributed by atoms with Gasteiger partial charge in [0.1, 0.15) is 11.6 Å². The smallest absolute Gasteiger partial charge is 0.238 e. The van der Waals surface area contributed by atoms with Crippen molar-refractivity contribution in [3.05, 3.63) is 48.2 Å². The van der Waals surface area contributed by atoms with Crippen molar-refractivity contribution in [1.29, 1.82) is 0 Å². The van der Waals surface area contributed by atoms with Crippen LogP contribution in [0.1, 0.15) is 5.69 Å². The van der Waals surface area contributed by atoms with Crippen molar-refractivity contribution in [1.82, 2.24) is 9.97 Å². The van der Waals surface area contributed by atoms with Gasteiger partial charge in [0.15, 0.2) is 0 Å². The molecule has 1 heterocycles. The van der Waals surface area contributed by atoms with Gasteiger partial charge in [0.2, 0.25) is 5.88 Å². The van der Waals surface area contributed by atoms with Gasteiger partial charge in [0.05, 0.1) is 11.9 Å². The molecule has 0 saturated heterocycles. The molecule has 1 aromatic carbocycles. The third kappa shape index (κ3) is 2.52. The van der Waals surface area contributed by atoms with Gasteiger partial charge in [-0.2, -0.15) is 0 Å². The number of nitrogens with zero attached hydrogens (tertiary/aromatic N) is 2. The Balaban J connectivity index is 2.16. The first-order chi connectivity index (χ1) is 7.78. The Morgan fingerprint density at radius 3 is 2.62 bits per heavy atom. The molecule has 16 heavy (non-hydrogen) atoms. The number of nitrogens with two attached hydrogens (primary N) is 1. The number of ether oxygens (including phenoxy) is 1. The molecule has 2 N–H and O–H groups in total. The lowest BCUT2D eigenvalue weighted by atomic mass is 10.3. The van der Waals surface area contributed by atoms with Gasteiger partial charge in [-0.3, -0.25) is 4.98 Å². The van der Waals surface area contributed by atoms with Crippen LogP contribution in [-0.4, -0.2) is 9.97 Å². The van der Waals surface area contributed by atoms with Crippen molar-refractivity contribution in [2.45, 2.75) is 6.54 Å². The Hall–Kier alpha value is -2.01. The predicted molar refractivity (Wildman–Crippen MR) is 56.4 cm³/mol. The maximum absolute atomic E-state index is 12.6. The molecule has 0 saturated carbocycles. The molecule has 0 aliphatic rings. The van der Waals surface area contributed by atoms with Gasteiger partial charge in [-0.05, 0) is 24.3 Å². The summed E-state index contributed by atoms with van der Waals surface area (Å²) in [6.07, 6.45) is 3.04. The average molecular weight is 219 g/mol. The minimum Gasteiger partial charge on any atom is -0.437 e. The van der Waals surface area contributed by atoms with E-state index in [1.54, 1.807) is 6.20 Å². The Morgan fingerprint density at radius 1 is 1.19 bits per heavy atom. The van der Waals surface area contributed by atoms with Crippen LogP contribution in [0.5, 0.6) is 11.6 Å². The van der Waals surface area contributed by atoms with Gasteiger partial charge < -0.3 is 10.5 Å². The molecule has 0 unspecified atom stereocenters. The summed E-state index contributed by atoms with van der Waals surface area (Å²) in [4.78, 5) is 8.03. The minimum absolute atomic E-state index is 0.299. The summed E-state index contributed by atoms with van der Waals surface area (Å²) >= 11 is 0. The highest BCUT2D eigenvalue weighted by Crippen LogP contribution is 2.18. The van der Waals surface area contributed by atoms with Gasteiger partial charge in [0, 0.05) is 12.7 Å². The molecule has 1 aromatic heterocycles. The van der Waals surface area contributed by atoms with E-state index in [1.807, 2.05) is 0 Å². The minimum atomic E-state index is -0.311. The van der Waals surface area contributed by atoms with E-state index in [2.05, 4.69) is 9.97 Å². The van der Waals surface area contributed by atoms with Crippen LogP contribution in [-0.2, 0) is 6.54 Å². The average Bonchev–Trinajstić information content (AvgIpc) is 2.32. The number of aromatic nitrogens is 2. The standard InChI is InChI=1S/C11H10FN3O/c12-8-1-3-10(4-2-8)16-11-7-14-6-9(5-13)15-11/h1-4,6-7H,5,13H2. The Kier molecular flexibility index (Phi) is 3.07. The Bertz CT molecular complexity index is 473. The second-order valence-electron chi connectivity index (χ2n) is 3.11. The second kappa shape index (κ2) is 4.67. The van der Waals surface area contributed by atoms with Crippen LogP contribution in [0.15, 0.2) is 36.7 Å². The predicted octanol–water partition coefficient (Wildman–Crippen LogP) is 1.87. The van der Waals surface area contributed by atoms with Crippen LogP contribution in [0.4, 0.5) is 4.39 Å². The second-order valence-corrected chi connectivity index (χ2v) is 3.11. The summed E-state index contributed by atoms with van der Waals surface area (Å²) in [5.41, 5.74) is 6.06. The summed E-state index contributed by atoms with van der Waals surface area (Å²) in [6, 6.07) is 5.67. The summed E-state index contributed by atoms with van der Waals surface area (Å²) in [7, 11) is 0. The van der Waals surface area contributed by atoms with Crippen molar-refractivity contribution in [2.24, 2.45) is 5.73 Å². The van der Waals surface area contributed by atoms with E-state index in [1.165, 1.54) is 30.5 Å². The molecular formula is C11H10FN3O. The SMILES string of the molecule is NCc1cncc(Oc2ccc(F)cc2)n1. The van der Waals surface area contributed by atoms with E-state index in [-0.39, 0.29) is 5.82 Å². The van der Waals surface area contributed by atoms with Gasteiger partial charge in [-0.15, -0.1) is 0 Å². The monoisotopic (exact) mass is 219 g/mol. The van der Waals surface area contributed by atoms with Gasteiger partial charge in [-0.25, -0.2) is 9.37 Å². The fourth-order valence-corrected chi connectivity index (χ4v) is 1.16. The van der Waals surface area contributed by atoms with Crippen LogP contribution in [0.25, 0.3) is 0 Å². The van der Waals surface area contributed by atoms with E-state index >= 15 is 0 Å². The molecule has 0 bridgehead atoms. The summed E-state index contributed by atoms with van der Waals surface area (Å²) in [5.74, 6) is 0.536. The number of hydrogen-bond donors (Lipinski definition) is 1. The van der Waals surface area contributed by atoms with E-state index in [4.69, 9.17) is 10.5 Å². The van der Waals surface area contributed by atoms with Crippen LogP contribution in [0.2, 0.25) is 0 Å². The molecule has 0 radical (unpaired) electrons. The third-order valence-electron chi connectivity index (χ3n) is 1.91. The molecule has 0 spiro atoms. The van der Waals surface area contributed by atoms with E-state index < -0.39 is 0 Å². The zero-order chi connectivity index (χ0) is 11.4. The topological polar surface area (TPSA) is 61.0 Å². The molecule has 0 aliphatic heterocycles. The maximum Gasteiger partial charge on any atom is 0.238 e. The van der Waals surface area contributed by atoms with Crippen molar-refractivity contribution >= 4 is 0 Å². The number of benzene rings is 1. The molecule has 5 heteroatoms. The number of hydrogen-bond acceptors (Lipinski definition) is 4. The molecule has 0 fully saturated rings. The fraction of sp³-hybridized carbons (Fsp3) is 0.0909. The highest BCUT2D eigenvalue weighted by molar-refractivity contribution is 5.26. The molecule has 82 valence electrons. The number of rotatable bonds is 3. The highest BCUT2D eigenvalue weighted by Gasteiger charge is 2.00. The first-order valence-electron chi connectivity index (χ1n) is 4.72. The molecule has 0 amide bonds. The van der Waals surface area contributed by atoms with E-state index in [9.17, 15) is 4.39 Å². The van der Waals surface area contributed by atoms with Crippen molar-refractivity contribution in [3.63, 3.8) is 0 Å². The van der Waals surface area contributed by atoms with E-state index in [0.717, 1.165) is 0 Å². The first kappa shape index (κ1) is 10.5. The van der Waals surface area contributed by atoms with E-state index in [0.29, 0.717) is 23.9 Å². The van der Waals surface area contributed by atoms with Gasteiger partial charge in [0.25, 0.3) is 0 Å². The molecular weight excluding hydrogens is 209 g/mol. The lowest BCUT2D eigenvalue weighted by Crippen LogP contribution is -2.01. The van der Waals surface area contributed by atoms with Crippen LogP contribution < -0.4 is 10.5 Å². The van der Waals surface area contributed by atoms with Crippen molar-refractivity contribution in [2.75, 3.05) is 0 Å². The summed E-state index contributed by atoms with van der Waals surface area (Å²) < 4.78 is 18.0. The molecule has 2 aromatic rings. The lowest BCUT2D eigenvalue weighted by Gasteiger charge is -2.04. The summed E-state index contributed by atoms with van der Waals surface area (Å²) in [5, 5.41) is 0. The quantitative estimate of drug-likeness (QED) is 0.855. The Morgan fingerprint density at radius 2 is 1.94 bits per heavy atom. The fourth-order valence-electron chi connectivity index (χ4n) is 1.16. The van der Waals surface area contributed by atoms with Crippen molar-refractivity contribution in [3.8, 4) is 11.6 Å². The Labute approximate surface area is 91.9 Å². The van der Waals surface area contributed by atoms with Crippen molar-refractivity contribution < 1.29 is 9.13 Å². The first-order valence-corrected chi connectivity index (χ1v) is 4.72. The summed E-state index contributed by atoms with van der Waals surface area (Å²) in [6.45, 7) is 0.299. The molecule has 2 rings (SSSR count). The molecule has 4 nitrogen and oxygen atoms in total. The number of halogens is 1. The maximum atomic E-state index is 12.6. The van der Waals surface area contributed by atoms with Gasteiger partial charge in [-0.1, -0.05) is 0 Å². The van der Waals surface area contributed by atoms with Gasteiger partial charge >= 0.3 is 0 Å². The lowest BCUT2D eigenvalue weighted by molar-refractivity contribution is 0.456. The zero-order valence-corrected chi connectivity index (χ0v) is 8.43. The molecule has 0 atom stereocenters.